The molecule has 0 radical (unpaired) electrons. The van der Waals surface area contributed by atoms with E-state index in [2.05, 4.69) is 10.3 Å². The minimum absolute atomic E-state index is 0.0489. The molecule has 0 atom stereocenters. The van der Waals surface area contributed by atoms with Crippen molar-refractivity contribution in [3.8, 4) is 10.6 Å². The van der Waals surface area contributed by atoms with Gasteiger partial charge in [0.2, 0.25) is 0 Å². The van der Waals surface area contributed by atoms with Crippen LogP contribution in [0.4, 0.5) is 0 Å². The summed E-state index contributed by atoms with van der Waals surface area (Å²) in [4.78, 5) is 17.5. The number of rotatable bonds is 4. The summed E-state index contributed by atoms with van der Waals surface area (Å²) in [6.07, 6.45) is 1.78. The summed E-state index contributed by atoms with van der Waals surface area (Å²) in [6.45, 7) is 0.482. The molecule has 1 N–H and O–H groups in total. The highest BCUT2D eigenvalue weighted by molar-refractivity contribution is 7.13. The van der Waals surface area contributed by atoms with E-state index in [0.717, 1.165) is 16.1 Å². The van der Waals surface area contributed by atoms with Crippen molar-refractivity contribution in [1.29, 1.82) is 0 Å². The van der Waals surface area contributed by atoms with Crippen LogP contribution in [0.3, 0.4) is 0 Å². The van der Waals surface area contributed by atoms with E-state index in [0.29, 0.717) is 12.1 Å². The quantitative estimate of drug-likeness (QED) is 0.796. The zero-order chi connectivity index (χ0) is 13.8. The fraction of sp³-hybridized carbons (Fsp3) is 0.0667. The molecule has 100 valence electrons. The summed E-state index contributed by atoms with van der Waals surface area (Å²) in [5, 5.41) is 8.71. The van der Waals surface area contributed by atoms with Gasteiger partial charge in [-0.3, -0.25) is 9.78 Å². The van der Waals surface area contributed by atoms with Gasteiger partial charge in [0.25, 0.3) is 5.91 Å². The van der Waals surface area contributed by atoms with Crippen molar-refractivity contribution in [2.75, 3.05) is 0 Å². The van der Waals surface area contributed by atoms with Crippen molar-refractivity contribution >= 4 is 28.6 Å². The van der Waals surface area contributed by atoms with Crippen LogP contribution in [-0.2, 0) is 6.54 Å². The zero-order valence-corrected chi connectivity index (χ0v) is 12.2. The lowest BCUT2D eigenvalue weighted by Crippen LogP contribution is -2.22. The van der Waals surface area contributed by atoms with Gasteiger partial charge in [0.1, 0.15) is 0 Å². The van der Waals surface area contributed by atoms with E-state index in [1.807, 2.05) is 46.5 Å². The van der Waals surface area contributed by atoms with Crippen LogP contribution in [0.15, 0.2) is 52.7 Å². The van der Waals surface area contributed by atoms with Crippen LogP contribution < -0.4 is 5.32 Å². The second-order valence-corrected chi connectivity index (χ2v) is 5.91. The maximum absolute atomic E-state index is 12.0. The maximum atomic E-state index is 12.0. The van der Waals surface area contributed by atoms with E-state index < -0.39 is 0 Å². The average molecular weight is 300 g/mol. The monoisotopic (exact) mass is 300 g/mol. The third-order valence-electron chi connectivity index (χ3n) is 2.87. The lowest BCUT2D eigenvalue weighted by Gasteiger charge is -2.08. The van der Waals surface area contributed by atoms with Crippen LogP contribution in [0.25, 0.3) is 10.6 Å². The molecule has 3 nitrogen and oxygen atoms in total. The molecule has 0 aliphatic rings. The van der Waals surface area contributed by atoms with E-state index in [1.54, 1.807) is 17.5 Å². The summed E-state index contributed by atoms with van der Waals surface area (Å²) in [7, 11) is 0. The molecule has 0 bridgehead atoms. The Hall–Kier alpha value is -1.98. The standard InChI is InChI=1S/C15H12N2OS2/c18-15(12-5-8-19-10-12)17-9-11-3-1-6-16-14(11)13-4-2-7-20-13/h1-8,10H,9H2,(H,17,18). The minimum Gasteiger partial charge on any atom is -0.348 e. The average Bonchev–Trinajstić information content (AvgIpc) is 3.17. The highest BCUT2D eigenvalue weighted by atomic mass is 32.1. The van der Waals surface area contributed by atoms with E-state index in [-0.39, 0.29) is 5.91 Å². The number of carbonyl (C=O) groups excluding carboxylic acids is 1. The number of nitrogens with zero attached hydrogens (tertiary/aromatic N) is 1. The summed E-state index contributed by atoms with van der Waals surface area (Å²) >= 11 is 3.17. The normalized spacial score (nSPS) is 10.4. The molecule has 3 rings (SSSR count). The van der Waals surface area contributed by atoms with Gasteiger partial charge < -0.3 is 5.32 Å². The van der Waals surface area contributed by atoms with Gasteiger partial charge in [-0.2, -0.15) is 11.3 Å². The Morgan fingerprint density at radius 3 is 2.90 bits per heavy atom. The Balaban J connectivity index is 1.77. The van der Waals surface area contributed by atoms with Crippen LogP contribution in [0.2, 0.25) is 0 Å². The van der Waals surface area contributed by atoms with Gasteiger partial charge in [-0.25, -0.2) is 0 Å². The van der Waals surface area contributed by atoms with Crippen LogP contribution in [0.5, 0.6) is 0 Å². The summed E-state index contributed by atoms with van der Waals surface area (Å²) in [5.41, 5.74) is 2.67. The third kappa shape index (κ3) is 2.79. The van der Waals surface area contributed by atoms with Crippen molar-refractivity contribution in [2.24, 2.45) is 0 Å². The number of amides is 1. The zero-order valence-electron chi connectivity index (χ0n) is 10.6. The van der Waals surface area contributed by atoms with Crippen molar-refractivity contribution in [1.82, 2.24) is 10.3 Å². The van der Waals surface area contributed by atoms with Gasteiger partial charge in [-0.05, 0) is 34.5 Å². The lowest BCUT2D eigenvalue weighted by molar-refractivity contribution is 0.0951. The van der Waals surface area contributed by atoms with Crippen molar-refractivity contribution in [2.45, 2.75) is 6.54 Å². The topological polar surface area (TPSA) is 42.0 Å². The molecule has 20 heavy (non-hydrogen) atoms. The third-order valence-corrected chi connectivity index (χ3v) is 4.43. The first-order valence-corrected chi connectivity index (χ1v) is 7.95. The summed E-state index contributed by atoms with van der Waals surface area (Å²) in [6, 6.07) is 9.75. The number of hydrogen-bond acceptors (Lipinski definition) is 4. The van der Waals surface area contributed by atoms with Crippen LogP contribution >= 0.6 is 22.7 Å². The predicted octanol–water partition coefficient (Wildman–Crippen LogP) is 3.80. The van der Waals surface area contributed by atoms with Crippen molar-refractivity contribution < 1.29 is 4.79 Å². The number of nitrogens with one attached hydrogen (secondary N) is 1. The highest BCUT2D eigenvalue weighted by Crippen LogP contribution is 2.25. The Labute approximate surface area is 124 Å². The molecule has 0 fully saturated rings. The number of aromatic nitrogens is 1. The molecule has 0 saturated heterocycles. The molecule has 3 aromatic heterocycles. The lowest BCUT2D eigenvalue weighted by atomic mass is 10.1. The van der Waals surface area contributed by atoms with Gasteiger partial charge in [0, 0.05) is 23.7 Å². The molecule has 0 saturated carbocycles. The second-order valence-electron chi connectivity index (χ2n) is 4.18. The van der Waals surface area contributed by atoms with Gasteiger partial charge in [-0.15, -0.1) is 11.3 Å². The molecule has 5 heteroatoms. The van der Waals surface area contributed by atoms with Gasteiger partial charge >= 0.3 is 0 Å². The number of carbonyl (C=O) groups is 1. The molecule has 3 heterocycles. The van der Waals surface area contributed by atoms with E-state index in [4.69, 9.17) is 0 Å². The van der Waals surface area contributed by atoms with E-state index in [9.17, 15) is 4.79 Å². The first kappa shape index (κ1) is 13.0. The van der Waals surface area contributed by atoms with Gasteiger partial charge in [-0.1, -0.05) is 12.1 Å². The highest BCUT2D eigenvalue weighted by Gasteiger charge is 2.10. The van der Waals surface area contributed by atoms with Crippen LogP contribution in [-0.4, -0.2) is 10.9 Å². The Bertz CT molecular complexity index is 691. The van der Waals surface area contributed by atoms with E-state index in [1.165, 1.54) is 11.3 Å². The minimum atomic E-state index is -0.0489. The van der Waals surface area contributed by atoms with Crippen LogP contribution in [0, 0.1) is 0 Å². The summed E-state index contributed by atoms with van der Waals surface area (Å²) < 4.78 is 0. The molecule has 0 aliphatic heterocycles. The second kappa shape index (κ2) is 5.98. The van der Waals surface area contributed by atoms with Gasteiger partial charge in [0.15, 0.2) is 0 Å². The smallest absolute Gasteiger partial charge is 0.252 e. The number of thiophene rings is 2. The molecule has 3 aromatic rings. The Kier molecular flexibility index (Phi) is 3.90. The summed E-state index contributed by atoms with van der Waals surface area (Å²) in [5.74, 6) is -0.0489. The molecule has 0 aliphatic carbocycles. The Morgan fingerprint density at radius 2 is 2.15 bits per heavy atom. The molecule has 0 unspecified atom stereocenters. The maximum Gasteiger partial charge on any atom is 0.252 e. The van der Waals surface area contributed by atoms with Gasteiger partial charge in [0.05, 0.1) is 10.6 Å². The SMILES string of the molecule is O=C(NCc1cccnc1-c1cccs1)c1ccsc1. The van der Waals surface area contributed by atoms with E-state index >= 15 is 0 Å². The fourth-order valence-corrected chi connectivity index (χ4v) is 3.28. The molecule has 0 aromatic carbocycles. The number of pyridine rings is 1. The van der Waals surface area contributed by atoms with Crippen LogP contribution in [0.1, 0.15) is 15.9 Å². The van der Waals surface area contributed by atoms with Crippen molar-refractivity contribution in [3.63, 3.8) is 0 Å². The molecule has 0 spiro atoms. The first-order valence-electron chi connectivity index (χ1n) is 6.13. The fourth-order valence-electron chi connectivity index (χ4n) is 1.89. The number of hydrogen-bond donors (Lipinski definition) is 1. The molecular formula is C15H12N2OS2. The predicted molar refractivity (Wildman–Crippen MR) is 83.0 cm³/mol. The molecule has 1 amide bonds. The van der Waals surface area contributed by atoms with Crippen molar-refractivity contribution in [3.05, 3.63) is 63.8 Å². The first-order chi connectivity index (χ1) is 9.84. The largest absolute Gasteiger partial charge is 0.348 e. The Morgan fingerprint density at radius 1 is 1.20 bits per heavy atom. The molecular weight excluding hydrogens is 288 g/mol.